The van der Waals surface area contributed by atoms with Gasteiger partial charge in [0.25, 0.3) is 11.1 Å². The lowest BCUT2D eigenvalue weighted by Crippen LogP contribution is -2.33. The van der Waals surface area contributed by atoms with Crippen LogP contribution in [0.3, 0.4) is 0 Å². The van der Waals surface area contributed by atoms with Crippen LogP contribution >= 0.6 is 46.6 Å². The number of ketones is 1. The van der Waals surface area contributed by atoms with Crippen LogP contribution in [-0.4, -0.2) is 35.5 Å². The van der Waals surface area contributed by atoms with Gasteiger partial charge in [-0.3, -0.25) is 19.3 Å². The molecule has 6 nitrogen and oxygen atoms in total. The van der Waals surface area contributed by atoms with Gasteiger partial charge in [0.1, 0.15) is 6.61 Å². The molecule has 4 rings (SSSR count). The van der Waals surface area contributed by atoms with Gasteiger partial charge in [-0.15, -0.1) is 0 Å². The summed E-state index contributed by atoms with van der Waals surface area (Å²) < 4.78 is 11.5. The summed E-state index contributed by atoms with van der Waals surface area (Å²) in [7, 11) is 1.50. The molecule has 1 heterocycles. The number of Topliss-reactive ketones (excluding diaryl/α,β-unsaturated/α-hetero) is 1. The lowest BCUT2D eigenvalue weighted by Gasteiger charge is -2.14. The third kappa shape index (κ3) is 5.87. The Morgan fingerprint density at radius 1 is 1.00 bits per heavy atom. The molecule has 3 aromatic rings. The van der Waals surface area contributed by atoms with Crippen molar-refractivity contribution in [3.05, 3.63) is 97.3 Å². The number of halogens is 3. The molecule has 1 aliphatic heterocycles. The molecule has 0 saturated carbocycles. The minimum Gasteiger partial charge on any atom is -0.493 e. The van der Waals surface area contributed by atoms with E-state index < -0.39 is 11.1 Å². The number of rotatable bonds is 8. The Balaban J connectivity index is 1.56. The first-order valence-corrected chi connectivity index (χ1v) is 12.5. The summed E-state index contributed by atoms with van der Waals surface area (Å²) in [5, 5.41) is 0.902. The smallest absolute Gasteiger partial charge is 0.293 e. The SMILES string of the molecule is COc1cccc(/C=C2/SC(=O)N(CC(=O)c3ccc(Cl)cc3)C2=O)c1OCc1ccc(Cl)cc1Cl. The van der Waals surface area contributed by atoms with Gasteiger partial charge in [0, 0.05) is 31.8 Å². The standard InChI is InChI=1S/C26H18Cl3NO5S/c1-34-22-4-2-3-16(24(22)35-14-17-7-10-19(28)12-20(17)29)11-23-25(32)30(26(33)36-23)13-21(31)15-5-8-18(27)9-6-15/h2-12H,13-14H2,1H3/b23-11+. The summed E-state index contributed by atoms with van der Waals surface area (Å²) in [6, 6.07) is 16.5. The number of hydrogen-bond acceptors (Lipinski definition) is 6. The number of carbonyl (C=O) groups is 3. The van der Waals surface area contributed by atoms with E-state index in [1.807, 2.05) is 0 Å². The Labute approximate surface area is 226 Å². The van der Waals surface area contributed by atoms with Crippen molar-refractivity contribution in [3.63, 3.8) is 0 Å². The molecule has 0 atom stereocenters. The Hall–Kier alpha value is -2.97. The van der Waals surface area contributed by atoms with Crippen molar-refractivity contribution in [2.45, 2.75) is 6.61 Å². The lowest BCUT2D eigenvalue weighted by atomic mass is 10.1. The second-order valence-electron chi connectivity index (χ2n) is 7.60. The van der Waals surface area contributed by atoms with Gasteiger partial charge < -0.3 is 9.47 Å². The molecule has 0 radical (unpaired) electrons. The predicted octanol–water partition coefficient (Wildman–Crippen LogP) is 7.15. The second kappa shape index (κ2) is 11.4. The Morgan fingerprint density at radius 2 is 1.72 bits per heavy atom. The van der Waals surface area contributed by atoms with E-state index in [2.05, 4.69) is 0 Å². The number of imide groups is 1. The molecule has 1 saturated heterocycles. The lowest BCUT2D eigenvalue weighted by molar-refractivity contribution is -0.122. The van der Waals surface area contributed by atoms with Gasteiger partial charge in [-0.1, -0.05) is 53.0 Å². The van der Waals surface area contributed by atoms with Crippen molar-refractivity contribution in [3.8, 4) is 11.5 Å². The van der Waals surface area contributed by atoms with Crippen LogP contribution < -0.4 is 9.47 Å². The van der Waals surface area contributed by atoms with E-state index in [1.54, 1.807) is 66.7 Å². The molecule has 1 aliphatic rings. The van der Waals surface area contributed by atoms with E-state index in [0.29, 0.717) is 43.3 Å². The van der Waals surface area contributed by atoms with Gasteiger partial charge >= 0.3 is 0 Å². The summed E-state index contributed by atoms with van der Waals surface area (Å²) in [5.74, 6) is -0.136. The number of amides is 2. The van der Waals surface area contributed by atoms with Gasteiger partial charge in [0.15, 0.2) is 17.3 Å². The normalized spacial score (nSPS) is 14.4. The quantitative estimate of drug-likeness (QED) is 0.214. The maximum atomic E-state index is 13.0. The van der Waals surface area contributed by atoms with Crippen molar-refractivity contribution in [1.82, 2.24) is 4.90 Å². The first-order valence-electron chi connectivity index (χ1n) is 10.5. The molecular formula is C26H18Cl3NO5S. The number of benzene rings is 3. The molecule has 1 fully saturated rings. The average molecular weight is 563 g/mol. The van der Waals surface area contributed by atoms with Crippen LogP contribution in [0.25, 0.3) is 6.08 Å². The van der Waals surface area contributed by atoms with Crippen molar-refractivity contribution in [1.29, 1.82) is 0 Å². The largest absolute Gasteiger partial charge is 0.493 e. The predicted molar refractivity (Wildman–Crippen MR) is 142 cm³/mol. The van der Waals surface area contributed by atoms with Gasteiger partial charge in [-0.05, 0) is 60.3 Å². The molecule has 0 N–H and O–H groups in total. The van der Waals surface area contributed by atoms with E-state index in [9.17, 15) is 14.4 Å². The fourth-order valence-corrected chi connectivity index (χ4v) is 4.82. The molecule has 0 aromatic heterocycles. The van der Waals surface area contributed by atoms with Gasteiger partial charge in [0.05, 0.1) is 18.6 Å². The van der Waals surface area contributed by atoms with Crippen LogP contribution in [0, 0.1) is 0 Å². The number of para-hydroxylation sites is 1. The van der Waals surface area contributed by atoms with E-state index in [1.165, 1.54) is 7.11 Å². The molecule has 2 amide bonds. The molecule has 0 spiro atoms. The highest BCUT2D eigenvalue weighted by molar-refractivity contribution is 8.18. The van der Waals surface area contributed by atoms with Crippen LogP contribution in [-0.2, 0) is 11.4 Å². The second-order valence-corrected chi connectivity index (χ2v) is 9.87. The Morgan fingerprint density at radius 3 is 2.42 bits per heavy atom. The maximum absolute atomic E-state index is 13.0. The first-order chi connectivity index (χ1) is 17.3. The highest BCUT2D eigenvalue weighted by Gasteiger charge is 2.36. The van der Waals surface area contributed by atoms with E-state index in [4.69, 9.17) is 44.3 Å². The zero-order valence-electron chi connectivity index (χ0n) is 18.8. The summed E-state index contributed by atoms with van der Waals surface area (Å²) in [5.41, 5.74) is 1.58. The number of thioether (sulfide) groups is 1. The molecule has 3 aromatic carbocycles. The highest BCUT2D eigenvalue weighted by atomic mass is 35.5. The van der Waals surface area contributed by atoms with E-state index in [0.717, 1.165) is 16.7 Å². The van der Waals surface area contributed by atoms with Crippen molar-refractivity contribution in [2.75, 3.05) is 13.7 Å². The maximum Gasteiger partial charge on any atom is 0.293 e. The topological polar surface area (TPSA) is 72.9 Å². The average Bonchev–Trinajstić information content (AvgIpc) is 3.11. The monoisotopic (exact) mass is 561 g/mol. The Kier molecular flexibility index (Phi) is 8.26. The number of nitrogens with zero attached hydrogens (tertiary/aromatic N) is 1. The summed E-state index contributed by atoms with van der Waals surface area (Å²) >= 11 is 18.8. The number of methoxy groups -OCH3 is 1. The summed E-state index contributed by atoms with van der Waals surface area (Å²) in [4.78, 5) is 39.2. The minimum atomic E-state index is -0.568. The summed E-state index contributed by atoms with van der Waals surface area (Å²) in [6.45, 7) is -0.255. The zero-order chi connectivity index (χ0) is 25.8. The van der Waals surface area contributed by atoms with Gasteiger partial charge in [0.2, 0.25) is 0 Å². The van der Waals surface area contributed by atoms with Crippen molar-refractivity contribution >= 4 is 69.6 Å². The van der Waals surface area contributed by atoms with Crippen molar-refractivity contribution in [2.24, 2.45) is 0 Å². The van der Waals surface area contributed by atoms with Crippen LogP contribution in [0.5, 0.6) is 11.5 Å². The molecule has 36 heavy (non-hydrogen) atoms. The summed E-state index contributed by atoms with van der Waals surface area (Å²) in [6.07, 6.45) is 1.54. The molecular weight excluding hydrogens is 545 g/mol. The van der Waals surface area contributed by atoms with Crippen molar-refractivity contribution < 1.29 is 23.9 Å². The molecule has 0 aliphatic carbocycles. The van der Waals surface area contributed by atoms with Crippen LogP contribution in [0.4, 0.5) is 4.79 Å². The number of ether oxygens (including phenoxy) is 2. The fourth-order valence-electron chi connectivity index (χ4n) is 3.40. The van der Waals surface area contributed by atoms with Crippen LogP contribution in [0.2, 0.25) is 15.1 Å². The highest BCUT2D eigenvalue weighted by Crippen LogP contribution is 2.38. The number of hydrogen-bond donors (Lipinski definition) is 0. The van der Waals surface area contributed by atoms with E-state index >= 15 is 0 Å². The fraction of sp³-hybridized carbons (Fsp3) is 0.115. The molecule has 184 valence electrons. The van der Waals surface area contributed by atoms with Gasteiger partial charge in [-0.2, -0.15) is 0 Å². The third-order valence-corrected chi connectivity index (χ3v) is 6.99. The zero-order valence-corrected chi connectivity index (χ0v) is 21.9. The third-order valence-electron chi connectivity index (χ3n) is 5.24. The van der Waals surface area contributed by atoms with E-state index in [-0.39, 0.29) is 23.8 Å². The molecule has 10 heteroatoms. The molecule has 0 bridgehead atoms. The Bertz CT molecular complexity index is 1370. The first kappa shape index (κ1) is 26.1. The molecule has 0 unspecified atom stereocenters. The number of carbonyl (C=O) groups excluding carboxylic acids is 3. The minimum absolute atomic E-state index is 0.119. The van der Waals surface area contributed by atoms with Gasteiger partial charge in [-0.25, -0.2) is 0 Å². The van der Waals surface area contributed by atoms with Crippen LogP contribution in [0.15, 0.2) is 65.6 Å². The van der Waals surface area contributed by atoms with Crippen LogP contribution in [0.1, 0.15) is 21.5 Å².